The van der Waals surface area contributed by atoms with E-state index in [2.05, 4.69) is 4.18 Å². The van der Waals surface area contributed by atoms with Crippen molar-refractivity contribution < 1.29 is 25.8 Å². The molecule has 0 fully saturated rings. The van der Waals surface area contributed by atoms with Crippen molar-refractivity contribution in [1.82, 2.24) is 0 Å². The second kappa shape index (κ2) is 8.14. The Hall–Kier alpha value is -2.80. The highest BCUT2D eigenvalue weighted by molar-refractivity contribution is 7.88. The Balaban J connectivity index is 1.98. The van der Waals surface area contributed by atoms with Crippen molar-refractivity contribution in [2.45, 2.75) is 30.7 Å². The Kier molecular flexibility index (Phi) is 5.94. The molecule has 0 aliphatic rings. The van der Waals surface area contributed by atoms with E-state index in [4.69, 9.17) is 0 Å². The summed E-state index contributed by atoms with van der Waals surface area (Å²) in [5.74, 6) is -0.423. The van der Waals surface area contributed by atoms with Gasteiger partial charge < -0.3 is 4.18 Å². The summed E-state index contributed by atoms with van der Waals surface area (Å²) in [4.78, 5) is 0. The lowest BCUT2D eigenvalue weighted by Crippen LogP contribution is -2.29. The standard InChI is InChI=1S/C23H21F3O3S/c1-22(2,19-13-15-20(16-14-19)29-30(27,28)23(24,25)26)21(17-9-5-3-6-10-17)18-11-7-4-8-12-18/h3-16,21H,1-2H3. The summed E-state index contributed by atoms with van der Waals surface area (Å²) in [6, 6.07) is 25.5. The van der Waals surface area contributed by atoms with Crippen LogP contribution in [0.4, 0.5) is 13.2 Å². The van der Waals surface area contributed by atoms with Crippen molar-refractivity contribution in [2.75, 3.05) is 0 Å². The fourth-order valence-corrected chi connectivity index (χ4v) is 4.06. The molecule has 3 nitrogen and oxygen atoms in total. The fourth-order valence-electron chi connectivity index (χ4n) is 3.60. The van der Waals surface area contributed by atoms with Crippen molar-refractivity contribution in [2.24, 2.45) is 0 Å². The second-order valence-corrected chi connectivity index (χ2v) is 9.02. The van der Waals surface area contributed by atoms with Crippen molar-refractivity contribution in [1.29, 1.82) is 0 Å². The van der Waals surface area contributed by atoms with Gasteiger partial charge in [-0.05, 0) is 28.8 Å². The zero-order chi connectivity index (χ0) is 22.0. The molecule has 3 aromatic carbocycles. The van der Waals surface area contributed by atoms with Crippen molar-refractivity contribution in [3.63, 3.8) is 0 Å². The number of hydrogen-bond donors (Lipinski definition) is 0. The first-order chi connectivity index (χ1) is 14.0. The maximum Gasteiger partial charge on any atom is 0.534 e. The normalized spacial score (nSPS) is 12.7. The molecule has 0 aromatic heterocycles. The van der Waals surface area contributed by atoms with E-state index in [1.54, 1.807) is 12.1 Å². The summed E-state index contributed by atoms with van der Waals surface area (Å²) in [5, 5.41) is 0. The monoisotopic (exact) mass is 434 g/mol. The fraction of sp³-hybridized carbons (Fsp3) is 0.217. The minimum atomic E-state index is -5.70. The lowest BCUT2D eigenvalue weighted by atomic mass is 9.67. The highest BCUT2D eigenvalue weighted by Gasteiger charge is 2.48. The molecule has 0 heterocycles. The molecule has 0 aliphatic carbocycles. The molecule has 0 amide bonds. The Morgan fingerprint density at radius 3 is 1.57 bits per heavy atom. The van der Waals surface area contributed by atoms with Gasteiger partial charge >= 0.3 is 15.6 Å². The summed E-state index contributed by atoms with van der Waals surface area (Å²) in [6.07, 6.45) is 0. The van der Waals surface area contributed by atoms with E-state index in [0.29, 0.717) is 0 Å². The van der Waals surface area contributed by atoms with Crippen LogP contribution in [0.3, 0.4) is 0 Å². The maximum atomic E-state index is 12.6. The third-order valence-electron chi connectivity index (χ3n) is 5.08. The van der Waals surface area contributed by atoms with Gasteiger partial charge in [-0.1, -0.05) is 86.6 Å². The number of halogens is 3. The van der Waals surface area contributed by atoms with Crippen LogP contribution in [0, 0.1) is 0 Å². The molecular weight excluding hydrogens is 413 g/mol. The van der Waals surface area contributed by atoms with E-state index in [1.807, 2.05) is 74.5 Å². The largest absolute Gasteiger partial charge is 0.534 e. The van der Waals surface area contributed by atoms with Gasteiger partial charge in [-0.2, -0.15) is 21.6 Å². The first-order valence-corrected chi connectivity index (χ1v) is 10.6. The highest BCUT2D eigenvalue weighted by Crippen LogP contribution is 2.43. The molecular formula is C23H21F3O3S. The van der Waals surface area contributed by atoms with Crippen molar-refractivity contribution in [3.05, 3.63) is 102 Å². The molecule has 3 rings (SSSR count). The number of alkyl halides is 3. The van der Waals surface area contributed by atoms with E-state index in [1.165, 1.54) is 12.1 Å². The predicted molar refractivity (Wildman–Crippen MR) is 110 cm³/mol. The summed E-state index contributed by atoms with van der Waals surface area (Å²) < 4.78 is 64.3. The predicted octanol–water partition coefficient (Wildman–Crippen LogP) is 6.02. The Labute approximate surface area is 174 Å². The van der Waals surface area contributed by atoms with Gasteiger partial charge in [-0.15, -0.1) is 0 Å². The topological polar surface area (TPSA) is 43.4 Å². The van der Waals surface area contributed by atoms with Crippen LogP contribution in [-0.2, 0) is 15.5 Å². The minimum absolute atomic E-state index is 0.0365. The van der Waals surface area contributed by atoms with Gasteiger partial charge in [0.15, 0.2) is 0 Å². The quantitative estimate of drug-likeness (QED) is 0.352. The summed E-state index contributed by atoms with van der Waals surface area (Å²) in [6.45, 7) is 4.08. The SMILES string of the molecule is CC(C)(c1ccc(OS(=O)(=O)C(F)(F)F)cc1)C(c1ccccc1)c1ccccc1. The van der Waals surface area contributed by atoms with Crippen LogP contribution >= 0.6 is 0 Å². The van der Waals surface area contributed by atoms with Crippen LogP contribution in [0.1, 0.15) is 36.5 Å². The van der Waals surface area contributed by atoms with Crippen molar-refractivity contribution >= 4 is 10.1 Å². The average molecular weight is 434 g/mol. The van der Waals surface area contributed by atoms with Gasteiger partial charge in [0.2, 0.25) is 0 Å². The molecule has 158 valence electrons. The molecule has 0 saturated carbocycles. The first kappa shape index (κ1) is 21.9. The molecule has 0 atom stereocenters. The third kappa shape index (κ3) is 4.51. The molecule has 0 aliphatic heterocycles. The van der Waals surface area contributed by atoms with Gasteiger partial charge in [-0.25, -0.2) is 0 Å². The molecule has 0 bridgehead atoms. The van der Waals surface area contributed by atoms with Gasteiger partial charge in [0.25, 0.3) is 0 Å². The molecule has 0 spiro atoms. The molecule has 30 heavy (non-hydrogen) atoms. The third-order valence-corrected chi connectivity index (χ3v) is 6.05. The van der Waals surface area contributed by atoms with E-state index in [0.717, 1.165) is 16.7 Å². The summed E-state index contributed by atoms with van der Waals surface area (Å²) in [7, 11) is -5.70. The van der Waals surface area contributed by atoms with Crippen molar-refractivity contribution in [3.8, 4) is 5.75 Å². The van der Waals surface area contributed by atoms with Crippen LogP contribution in [0.25, 0.3) is 0 Å². The number of rotatable bonds is 6. The molecule has 0 saturated heterocycles. The Morgan fingerprint density at radius 1 is 0.733 bits per heavy atom. The highest BCUT2D eigenvalue weighted by atomic mass is 32.2. The van der Waals surface area contributed by atoms with Gasteiger partial charge in [0.05, 0.1) is 0 Å². The maximum absolute atomic E-state index is 12.6. The zero-order valence-corrected chi connectivity index (χ0v) is 17.2. The van der Waals surface area contributed by atoms with Gasteiger partial charge in [0.1, 0.15) is 5.75 Å². The molecule has 3 aromatic rings. The average Bonchev–Trinajstić information content (AvgIpc) is 2.69. The Bertz CT molecular complexity index is 1040. The zero-order valence-electron chi connectivity index (χ0n) is 16.4. The van der Waals surface area contributed by atoms with E-state index < -0.39 is 21.0 Å². The lowest BCUT2D eigenvalue weighted by Gasteiger charge is -2.36. The van der Waals surface area contributed by atoms with Crippen LogP contribution in [0.2, 0.25) is 0 Å². The molecule has 7 heteroatoms. The minimum Gasteiger partial charge on any atom is -0.376 e. The van der Waals surface area contributed by atoms with Crippen LogP contribution in [0.15, 0.2) is 84.9 Å². The second-order valence-electron chi connectivity index (χ2n) is 7.48. The van der Waals surface area contributed by atoms with Gasteiger partial charge in [-0.3, -0.25) is 0 Å². The smallest absolute Gasteiger partial charge is 0.376 e. The van der Waals surface area contributed by atoms with Gasteiger partial charge in [0, 0.05) is 11.3 Å². The first-order valence-electron chi connectivity index (χ1n) is 9.23. The lowest BCUT2D eigenvalue weighted by molar-refractivity contribution is -0.0500. The summed E-state index contributed by atoms with van der Waals surface area (Å²) >= 11 is 0. The van der Waals surface area contributed by atoms with E-state index in [-0.39, 0.29) is 11.7 Å². The number of benzene rings is 3. The molecule has 0 N–H and O–H groups in total. The van der Waals surface area contributed by atoms with Crippen LogP contribution in [0.5, 0.6) is 5.75 Å². The molecule has 0 radical (unpaired) electrons. The van der Waals surface area contributed by atoms with E-state index in [9.17, 15) is 21.6 Å². The van der Waals surface area contributed by atoms with E-state index >= 15 is 0 Å². The van der Waals surface area contributed by atoms with Crippen LogP contribution in [-0.4, -0.2) is 13.9 Å². The Morgan fingerprint density at radius 2 is 1.17 bits per heavy atom. The summed E-state index contributed by atoms with van der Waals surface area (Å²) in [5.41, 5.74) is -2.92. The van der Waals surface area contributed by atoms with Crippen LogP contribution < -0.4 is 4.18 Å². The number of hydrogen-bond acceptors (Lipinski definition) is 3. The molecule has 0 unspecified atom stereocenters.